The Morgan fingerprint density at radius 2 is 1.62 bits per heavy atom. The summed E-state index contributed by atoms with van der Waals surface area (Å²) < 4.78 is 1.89. The van der Waals surface area contributed by atoms with Crippen molar-refractivity contribution < 1.29 is 0 Å². The highest BCUT2D eigenvalue weighted by Crippen LogP contribution is 2.18. The lowest BCUT2D eigenvalue weighted by atomic mass is 10.2. The molecule has 0 atom stereocenters. The zero-order valence-corrected chi connectivity index (χ0v) is 14.3. The molecule has 2 aromatic carbocycles. The lowest BCUT2D eigenvalue weighted by molar-refractivity contribution is 0.731. The van der Waals surface area contributed by atoms with E-state index in [1.807, 2.05) is 54.1 Å². The fourth-order valence-electron chi connectivity index (χ4n) is 2.66. The Bertz CT molecular complexity index is 820. The Hall–Kier alpha value is -2.88. The Morgan fingerprint density at radius 3 is 2.21 bits per heavy atom. The van der Waals surface area contributed by atoms with Gasteiger partial charge in [0.1, 0.15) is 0 Å². The molecule has 0 amide bonds. The average Bonchev–Trinajstić information content (AvgIpc) is 2.85. The molecule has 0 saturated carbocycles. The zero-order chi connectivity index (χ0) is 16.9. The molecule has 3 aromatic rings. The highest BCUT2D eigenvalue weighted by Gasteiger charge is 2.09. The van der Waals surface area contributed by atoms with E-state index in [0.29, 0.717) is 0 Å². The summed E-state index contributed by atoms with van der Waals surface area (Å²) in [4.78, 5) is 0. The number of hydrogen-bond donors (Lipinski definition) is 0. The maximum absolute atomic E-state index is 4.75. The van der Waals surface area contributed by atoms with E-state index >= 15 is 0 Å². The highest BCUT2D eigenvalue weighted by atomic mass is 15.4. The van der Waals surface area contributed by atoms with Crippen molar-refractivity contribution in [3.63, 3.8) is 0 Å². The Balaban J connectivity index is 1.91. The van der Waals surface area contributed by atoms with Gasteiger partial charge in [0.25, 0.3) is 0 Å². The summed E-state index contributed by atoms with van der Waals surface area (Å²) in [5, 5.41) is 11.2. The Kier molecular flexibility index (Phi) is 4.75. The fraction of sp³-hybridized carbons (Fsp3) is 0.200. The number of aryl methyl sites for hydroxylation is 2. The first-order chi connectivity index (χ1) is 11.6. The molecule has 0 fully saturated rings. The van der Waals surface area contributed by atoms with Crippen LogP contribution in [0.2, 0.25) is 0 Å². The minimum Gasteiger partial charge on any atom is -0.272 e. The van der Waals surface area contributed by atoms with Crippen molar-refractivity contribution in [1.82, 2.24) is 9.78 Å². The van der Waals surface area contributed by atoms with Crippen LogP contribution in [0.3, 0.4) is 0 Å². The fourth-order valence-corrected chi connectivity index (χ4v) is 2.66. The Labute approximate surface area is 143 Å². The van der Waals surface area contributed by atoms with Gasteiger partial charge in [-0.05, 0) is 31.5 Å². The molecule has 0 N–H and O–H groups in total. The van der Waals surface area contributed by atoms with Crippen molar-refractivity contribution in [3.8, 4) is 0 Å². The second-order valence-electron chi connectivity index (χ2n) is 5.83. The van der Waals surface area contributed by atoms with Crippen LogP contribution in [0.1, 0.15) is 22.5 Å². The molecule has 122 valence electrons. The predicted octanol–water partition coefficient (Wildman–Crippen LogP) is 4.08. The van der Waals surface area contributed by atoms with Crippen LogP contribution in [0.5, 0.6) is 0 Å². The Morgan fingerprint density at radius 1 is 1.00 bits per heavy atom. The summed E-state index contributed by atoms with van der Waals surface area (Å²) in [7, 11) is 1.96. The SMILES string of the molecule is Cc1nn(C)c(C)c1C=NN(Cc1ccccc1)c1ccccc1. The summed E-state index contributed by atoms with van der Waals surface area (Å²) in [6.45, 7) is 4.80. The van der Waals surface area contributed by atoms with Gasteiger partial charge >= 0.3 is 0 Å². The van der Waals surface area contributed by atoms with E-state index in [0.717, 1.165) is 29.2 Å². The van der Waals surface area contributed by atoms with Crippen molar-refractivity contribution in [1.29, 1.82) is 0 Å². The number of hydrazone groups is 1. The van der Waals surface area contributed by atoms with E-state index in [4.69, 9.17) is 5.10 Å². The second kappa shape index (κ2) is 7.13. The summed E-state index contributed by atoms with van der Waals surface area (Å²) in [6.07, 6.45) is 1.91. The van der Waals surface area contributed by atoms with Crippen molar-refractivity contribution >= 4 is 11.9 Å². The van der Waals surface area contributed by atoms with Gasteiger partial charge in [0.05, 0.1) is 24.1 Å². The first-order valence-electron chi connectivity index (χ1n) is 8.06. The van der Waals surface area contributed by atoms with E-state index in [-0.39, 0.29) is 0 Å². The molecule has 4 nitrogen and oxygen atoms in total. The van der Waals surface area contributed by atoms with Gasteiger partial charge in [-0.15, -0.1) is 0 Å². The van der Waals surface area contributed by atoms with Crippen molar-refractivity contribution in [2.45, 2.75) is 20.4 Å². The van der Waals surface area contributed by atoms with E-state index in [1.165, 1.54) is 5.56 Å². The normalized spacial score (nSPS) is 11.1. The molecule has 1 aromatic heterocycles. The van der Waals surface area contributed by atoms with Crippen molar-refractivity contribution in [2.24, 2.45) is 12.1 Å². The van der Waals surface area contributed by atoms with E-state index in [9.17, 15) is 0 Å². The monoisotopic (exact) mass is 318 g/mol. The molecule has 0 bridgehead atoms. The molecule has 0 spiro atoms. The van der Waals surface area contributed by atoms with Gasteiger partial charge in [-0.25, -0.2) is 0 Å². The van der Waals surface area contributed by atoms with Crippen LogP contribution in [0.25, 0.3) is 0 Å². The first kappa shape index (κ1) is 16.0. The molecule has 0 radical (unpaired) electrons. The predicted molar refractivity (Wildman–Crippen MR) is 99.3 cm³/mol. The van der Waals surface area contributed by atoms with Gasteiger partial charge in [0, 0.05) is 18.3 Å². The number of benzene rings is 2. The van der Waals surface area contributed by atoms with Crippen LogP contribution < -0.4 is 5.01 Å². The molecule has 0 unspecified atom stereocenters. The minimum absolute atomic E-state index is 0.722. The number of aromatic nitrogens is 2. The van der Waals surface area contributed by atoms with Gasteiger partial charge in [0.2, 0.25) is 0 Å². The maximum Gasteiger partial charge on any atom is 0.0684 e. The number of nitrogens with zero attached hydrogens (tertiary/aromatic N) is 4. The van der Waals surface area contributed by atoms with Gasteiger partial charge in [-0.3, -0.25) is 9.69 Å². The number of rotatable bonds is 5. The molecule has 4 heteroatoms. The largest absolute Gasteiger partial charge is 0.272 e. The quantitative estimate of drug-likeness (QED) is 0.525. The lowest BCUT2D eigenvalue weighted by Crippen LogP contribution is -2.16. The summed E-state index contributed by atoms with van der Waals surface area (Å²) >= 11 is 0. The van der Waals surface area contributed by atoms with E-state index in [1.54, 1.807) is 0 Å². The third-order valence-electron chi connectivity index (χ3n) is 4.12. The molecule has 0 aliphatic carbocycles. The van der Waals surface area contributed by atoms with Crippen molar-refractivity contribution in [3.05, 3.63) is 83.2 Å². The summed E-state index contributed by atoms with van der Waals surface area (Å²) in [5.74, 6) is 0. The molecule has 3 rings (SSSR count). The highest BCUT2D eigenvalue weighted by molar-refractivity contribution is 5.83. The van der Waals surface area contributed by atoms with Gasteiger partial charge in [-0.1, -0.05) is 48.5 Å². The molecule has 24 heavy (non-hydrogen) atoms. The molecule has 0 aliphatic heterocycles. The van der Waals surface area contributed by atoms with Crippen LogP contribution in [-0.2, 0) is 13.6 Å². The zero-order valence-electron chi connectivity index (χ0n) is 14.3. The van der Waals surface area contributed by atoms with Crippen LogP contribution in [-0.4, -0.2) is 16.0 Å². The van der Waals surface area contributed by atoms with Crippen LogP contribution >= 0.6 is 0 Å². The third-order valence-corrected chi connectivity index (χ3v) is 4.12. The number of hydrogen-bond acceptors (Lipinski definition) is 3. The standard InChI is InChI=1S/C20H22N4/c1-16-20(17(2)23(3)22-16)14-21-24(19-12-8-5-9-13-19)15-18-10-6-4-7-11-18/h4-14H,15H2,1-3H3. The van der Waals surface area contributed by atoms with E-state index < -0.39 is 0 Å². The smallest absolute Gasteiger partial charge is 0.0684 e. The molecule has 0 aliphatic rings. The maximum atomic E-state index is 4.75. The number of anilines is 1. The van der Waals surface area contributed by atoms with Crippen LogP contribution in [0, 0.1) is 13.8 Å². The molecule has 1 heterocycles. The van der Waals surface area contributed by atoms with Crippen molar-refractivity contribution in [2.75, 3.05) is 5.01 Å². The van der Waals surface area contributed by atoms with Gasteiger partial charge < -0.3 is 0 Å². The molecular formula is C20H22N4. The lowest BCUT2D eigenvalue weighted by Gasteiger charge is -2.19. The molecule has 0 saturated heterocycles. The summed E-state index contributed by atoms with van der Waals surface area (Å²) in [6, 6.07) is 20.6. The van der Waals surface area contributed by atoms with Crippen LogP contribution in [0.4, 0.5) is 5.69 Å². The van der Waals surface area contributed by atoms with Crippen LogP contribution in [0.15, 0.2) is 65.8 Å². The van der Waals surface area contributed by atoms with Gasteiger partial charge in [0.15, 0.2) is 0 Å². The number of para-hydroxylation sites is 1. The minimum atomic E-state index is 0.722. The van der Waals surface area contributed by atoms with E-state index in [2.05, 4.69) is 48.4 Å². The molecular weight excluding hydrogens is 296 g/mol. The summed E-state index contributed by atoms with van der Waals surface area (Å²) in [5.41, 5.74) is 5.47. The third kappa shape index (κ3) is 3.54. The first-order valence-corrected chi connectivity index (χ1v) is 8.06. The average molecular weight is 318 g/mol. The second-order valence-corrected chi connectivity index (χ2v) is 5.83. The van der Waals surface area contributed by atoms with Gasteiger partial charge in [-0.2, -0.15) is 10.2 Å². The topological polar surface area (TPSA) is 33.4 Å².